The van der Waals surface area contributed by atoms with Gasteiger partial charge in [0.25, 0.3) is 0 Å². The second-order valence-corrected chi connectivity index (χ2v) is 8.21. The molecule has 3 aliphatic rings. The molecule has 4 N–H and O–H groups in total. The van der Waals surface area contributed by atoms with Gasteiger partial charge in [-0.15, -0.1) is 0 Å². The van der Waals surface area contributed by atoms with Gasteiger partial charge in [-0.1, -0.05) is 32.1 Å². The zero-order valence-electron chi connectivity index (χ0n) is 14.9. The number of piperidine rings is 2. The third kappa shape index (κ3) is 5.17. The van der Waals surface area contributed by atoms with Crippen LogP contribution in [0.3, 0.4) is 0 Å². The summed E-state index contributed by atoms with van der Waals surface area (Å²) in [4.78, 5) is 12.4. The molecule has 0 radical (unpaired) electrons. The Balaban J connectivity index is 1.33. The topological polar surface area (TPSA) is 73.4 Å². The number of nitrogens with one attached hydrogen (secondary N) is 3. The maximum atomic E-state index is 12.4. The van der Waals surface area contributed by atoms with Gasteiger partial charge in [0.1, 0.15) is 0 Å². The van der Waals surface area contributed by atoms with E-state index in [9.17, 15) is 4.79 Å². The molecule has 2 aliphatic heterocycles. The Labute approximate surface area is 146 Å². The highest BCUT2D eigenvalue weighted by Gasteiger charge is 2.29. The van der Waals surface area contributed by atoms with Crippen molar-refractivity contribution in [2.24, 2.45) is 17.8 Å². The summed E-state index contributed by atoms with van der Waals surface area (Å²) in [5.41, 5.74) is 0. The standard InChI is InChI=1S/C19H35N3O2/c23-13-17-8-7-16(12-20-17)19(24)22-18-9-6-15(11-21-18)10-14-4-2-1-3-5-14/h14-18,20-21,23H,1-13H2,(H,22,24). The summed E-state index contributed by atoms with van der Waals surface area (Å²) in [7, 11) is 0. The van der Waals surface area contributed by atoms with Crippen molar-refractivity contribution in [1.29, 1.82) is 0 Å². The maximum Gasteiger partial charge on any atom is 0.225 e. The van der Waals surface area contributed by atoms with Crippen molar-refractivity contribution < 1.29 is 9.90 Å². The van der Waals surface area contributed by atoms with E-state index in [1.54, 1.807) is 0 Å². The lowest BCUT2D eigenvalue weighted by molar-refractivity contribution is -0.127. The van der Waals surface area contributed by atoms with E-state index in [0.717, 1.165) is 37.6 Å². The van der Waals surface area contributed by atoms with Gasteiger partial charge in [0.15, 0.2) is 0 Å². The van der Waals surface area contributed by atoms with Crippen LogP contribution in [-0.2, 0) is 4.79 Å². The number of amides is 1. The molecule has 0 aromatic rings. The smallest absolute Gasteiger partial charge is 0.225 e. The Hall–Kier alpha value is -0.650. The molecule has 2 heterocycles. The molecule has 0 spiro atoms. The van der Waals surface area contributed by atoms with Gasteiger partial charge < -0.3 is 15.7 Å². The Morgan fingerprint density at radius 2 is 1.75 bits per heavy atom. The second-order valence-electron chi connectivity index (χ2n) is 8.21. The molecule has 5 nitrogen and oxygen atoms in total. The first-order valence-corrected chi connectivity index (χ1v) is 10.1. The first-order valence-electron chi connectivity index (χ1n) is 10.1. The van der Waals surface area contributed by atoms with E-state index in [4.69, 9.17) is 5.11 Å². The molecule has 0 aromatic carbocycles. The molecule has 1 saturated carbocycles. The SMILES string of the molecule is O=C(NC1CCC(CC2CCCCC2)CN1)C1CCC(CO)NC1. The van der Waals surface area contributed by atoms with Gasteiger partial charge in [-0.3, -0.25) is 10.1 Å². The number of rotatable bonds is 5. The summed E-state index contributed by atoms with van der Waals surface area (Å²) >= 11 is 0. The Morgan fingerprint density at radius 1 is 0.917 bits per heavy atom. The van der Waals surface area contributed by atoms with Gasteiger partial charge in [-0.25, -0.2) is 0 Å². The monoisotopic (exact) mass is 337 g/mol. The number of carbonyl (C=O) groups excluding carboxylic acids is 1. The summed E-state index contributed by atoms with van der Waals surface area (Å²) in [6, 6.07) is 0.169. The summed E-state index contributed by atoms with van der Waals surface area (Å²) in [6.07, 6.45) is 12.7. The van der Waals surface area contributed by atoms with Gasteiger partial charge in [-0.2, -0.15) is 0 Å². The second kappa shape index (κ2) is 9.16. The average Bonchev–Trinajstić information content (AvgIpc) is 2.64. The number of hydrogen-bond donors (Lipinski definition) is 4. The first-order chi connectivity index (χ1) is 11.7. The van der Waals surface area contributed by atoms with Crippen LogP contribution in [0.15, 0.2) is 0 Å². The summed E-state index contributed by atoms with van der Waals surface area (Å²) in [5.74, 6) is 1.96. The summed E-state index contributed by atoms with van der Waals surface area (Å²) in [6.45, 7) is 1.91. The maximum absolute atomic E-state index is 12.4. The van der Waals surface area contributed by atoms with Gasteiger partial charge in [0.05, 0.1) is 18.7 Å². The van der Waals surface area contributed by atoms with E-state index in [0.29, 0.717) is 6.54 Å². The molecule has 138 valence electrons. The van der Waals surface area contributed by atoms with Crippen LogP contribution in [0.5, 0.6) is 0 Å². The Bertz CT molecular complexity index is 382. The van der Waals surface area contributed by atoms with Gasteiger partial charge in [0, 0.05) is 12.6 Å². The molecule has 0 bridgehead atoms. The molecule has 5 heteroatoms. The molecule has 4 atom stereocenters. The van der Waals surface area contributed by atoms with E-state index >= 15 is 0 Å². The first kappa shape index (κ1) is 18.2. The van der Waals surface area contributed by atoms with Crippen molar-refractivity contribution in [2.45, 2.75) is 76.4 Å². The molecular formula is C19H35N3O2. The fraction of sp³-hybridized carbons (Fsp3) is 0.947. The molecule has 3 rings (SSSR count). The summed E-state index contributed by atoms with van der Waals surface area (Å²) in [5, 5.41) is 19.2. The molecule has 4 unspecified atom stereocenters. The van der Waals surface area contributed by atoms with Gasteiger partial charge in [-0.05, 0) is 50.5 Å². The minimum atomic E-state index is 0.0505. The molecule has 2 saturated heterocycles. The van der Waals surface area contributed by atoms with Crippen LogP contribution >= 0.6 is 0 Å². The number of aliphatic hydroxyl groups excluding tert-OH is 1. The average molecular weight is 338 g/mol. The van der Waals surface area contributed by atoms with Crippen LogP contribution in [0.4, 0.5) is 0 Å². The van der Waals surface area contributed by atoms with Crippen molar-refractivity contribution in [1.82, 2.24) is 16.0 Å². The molecule has 3 fully saturated rings. The lowest BCUT2D eigenvalue weighted by Crippen LogP contribution is -2.54. The third-order valence-corrected chi connectivity index (χ3v) is 6.33. The van der Waals surface area contributed by atoms with E-state index in [1.165, 1.54) is 44.9 Å². The summed E-state index contributed by atoms with van der Waals surface area (Å²) < 4.78 is 0. The van der Waals surface area contributed by atoms with Crippen molar-refractivity contribution in [3.05, 3.63) is 0 Å². The van der Waals surface area contributed by atoms with Crippen molar-refractivity contribution in [2.75, 3.05) is 19.7 Å². The lowest BCUT2D eigenvalue weighted by Gasteiger charge is -2.35. The highest BCUT2D eigenvalue weighted by molar-refractivity contribution is 5.79. The van der Waals surface area contributed by atoms with Crippen LogP contribution in [0, 0.1) is 17.8 Å². The Kier molecular flexibility index (Phi) is 6.93. The highest BCUT2D eigenvalue weighted by atomic mass is 16.3. The van der Waals surface area contributed by atoms with E-state index in [-0.39, 0.29) is 30.6 Å². The normalized spacial score (nSPS) is 35.5. The van der Waals surface area contributed by atoms with E-state index < -0.39 is 0 Å². The quantitative estimate of drug-likeness (QED) is 0.617. The minimum absolute atomic E-state index is 0.0505. The fourth-order valence-electron chi connectivity index (χ4n) is 4.72. The zero-order chi connectivity index (χ0) is 16.8. The highest BCUT2D eigenvalue weighted by Crippen LogP contribution is 2.31. The molecule has 1 amide bonds. The zero-order valence-corrected chi connectivity index (χ0v) is 14.9. The molecule has 1 aliphatic carbocycles. The predicted octanol–water partition coefficient (Wildman–Crippen LogP) is 1.76. The minimum Gasteiger partial charge on any atom is -0.395 e. The van der Waals surface area contributed by atoms with Crippen LogP contribution < -0.4 is 16.0 Å². The Morgan fingerprint density at radius 3 is 2.38 bits per heavy atom. The van der Waals surface area contributed by atoms with Crippen molar-refractivity contribution >= 4 is 5.91 Å². The molecule has 24 heavy (non-hydrogen) atoms. The van der Waals surface area contributed by atoms with Gasteiger partial charge in [0.2, 0.25) is 5.91 Å². The number of carbonyl (C=O) groups is 1. The number of hydrogen-bond acceptors (Lipinski definition) is 4. The fourth-order valence-corrected chi connectivity index (χ4v) is 4.72. The molecular weight excluding hydrogens is 302 g/mol. The van der Waals surface area contributed by atoms with E-state index in [2.05, 4.69) is 16.0 Å². The third-order valence-electron chi connectivity index (χ3n) is 6.33. The predicted molar refractivity (Wildman–Crippen MR) is 95.4 cm³/mol. The number of aliphatic hydroxyl groups is 1. The van der Waals surface area contributed by atoms with Crippen molar-refractivity contribution in [3.8, 4) is 0 Å². The van der Waals surface area contributed by atoms with Crippen LogP contribution in [-0.4, -0.2) is 42.9 Å². The van der Waals surface area contributed by atoms with Crippen LogP contribution in [0.2, 0.25) is 0 Å². The van der Waals surface area contributed by atoms with Crippen LogP contribution in [0.1, 0.15) is 64.2 Å². The van der Waals surface area contributed by atoms with Crippen LogP contribution in [0.25, 0.3) is 0 Å². The lowest BCUT2D eigenvalue weighted by atomic mass is 9.80. The van der Waals surface area contributed by atoms with Gasteiger partial charge >= 0.3 is 0 Å². The van der Waals surface area contributed by atoms with Crippen molar-refractivity contribution in [3.63, 3.8) is 0 Å². The largest absolute Gasteiger partial charge is 0.395 e. The van der Waals surface area contributed by atoms with E-state index in [1.807, 2.05) is 0 Å². The molecule has 0 aromatic heterocycles.